The van der Waals surface area contributed by atoms with E-state index >= 15 is 0 Å². The summed E-state index contributed by atoms with van der Waals surface area (Å²) in [5.41, 5.74) is 6.04. The molecule has 0 saturated carbocycles. The molecule has 0 aromatic heterocycles. The number of rotatable bonds is 8. The molecule has 0 amide bonds. The van der Waals surface area contributed by atoms with E-state index in [9.17, 15) is 8.42 Å². The van der Waals surface area contributed by atoms with Crippen molar-refractivity contribution in [3.8, 4) is 17.6 Å². The SMILES string of the molecule is C=NN(CCOc1cc(C)cc(OS(=O)(=O)c2ccccc2C#N)c1)C(=N)N.Cl. The van der Waals surface area contributed by atoms with Gasteiger partial charge in [-0.25, -0.2) is 5.01 Å². The van der Waals surface area contributed by atoms with Crippen LogP contribution in [0.2, 0.25) is 0 Å². The predicted octanol–water partition coefficient (Wildman–Crippen LogP) is 2.25. The summed E-state index contributed by atoms with van der Waals surface area (Å²) in [6.45, 7) is 5.38. The Bertz CT molecular complexity index is 1040. The first-order valence-corrected chi connectivity index (χ1v) is 9.44. The number of ether oxygens (including phenoxy) is 1. The number of hydrogen-bond donors (Lipinski definition) is 2. The van der Waals surface area contributed by atoms with E-state index in [2.05, 4.69) is 11.8 Å². The van der Waals surface area contributed by atoms with Gasteiger partial charge in [-0.2, -0.15) is 18.8 Å². The molecule has 0 heterocycles. The lowest BCUT2D eigenvalue weighted by atomic mass is 10.2. The maximum absolute atomic E-state index is 12.5. The third kappa shape index (κ3) is 6.38. The van der Waals surface area contributed by atoms with Gasteiger partial charge in [-0.05, 0) is 36.8 Å². The minimum absolute atomic E-state index is 0. The summed E-state index contributed by atoms with van der Waals surface area (Å²) in [5.74, 6) is 0.147. The Morgan fingerprint density at radius 3 is 2.59 bits per heavy atom. The third-order valence-corrected chi connectivity index (χ3v) is 4.83. The molecule has 0 spiro atoms. The number of aryl methyl sites for hydroxylation is 1. The zero-order valence-corrected chi connectivity index (χ0v) is 17.2. The number of benzene rings is 2. The molecular formula is C18H20ClN5O4S. The summed E-state index contributed by atoms with van der Waals surface area (Å²) < 4.78 is 35.8. The van der Waals surface area contributed by atoms with Crippen molar-refractivity contribution in [1.29, 1.82) is 10.7 Å². The van der Waals surface area contributed by atoms with E-state index in [1.54, 1.807) is 19.1 Å². The highest BCUT2D eigenvalue weighted by Gasteiger charge is 2.21. The van der Waals surface area contributed by atoms with Crippen LogP contribution in [0.15, 0.2) is 52.5 Å². The Balaban J connectivity index is 0.00000420. The molecular weight excluding hydrogens is 418 g/mol. The molecule has 0 radical (unpaired) electrons. The topological polar surface area (TPSA) is 142 Å². The molecule has 154 valence electrons. The van der Waals surface area contributed by atoms with Crippen LogP contribution in [0.25, 0.3) is 0 Å². The molecule has 0 bridgehead atoms. The van der Waals surface area contributed by atoms with Crippen LogP contribution in [-0.4, -0.2) is 39.3 Å². The average Bonchev–Trinajstić information content (AvgIpc) is 2.64. The van der Waals surface area contributed by atoms with Gasteiger partial charge in [0.1, 0.15) is 29.1 Å². The van der Waals surface area contributed by atoms with Crippen LogP contribution in [-0.2, 0) is 10.1 Å². The van der Waals surface area contributed by atoms with Crippen molar-refractivity contribution in [3.05, 3.63) is 53.6 Å². The first-order chi connectivity index (χ1) is 13.3. The number of nitrogens with two attached hydrogens (primary N) is 1. The quantitative estimate of drug-likeness (QED) is 0.279. The van der Waals surface area contributed by atoms with Crippen molar-refractivity contribution in [1.82, 2.24) is 5.01 Å². The molecule has 3 N–H and O–H groups in total. The van der Waals surface area contributed by atoms with Gasteiger partial charge in [-0.15, -0.1) is 12.4 Å². The van der Waals surface area contributed by atoms with Gasteiger partial charge in [0, 0.05) is 12.8 Å². The number of hydrazone groups is 1. The van der Waals surface area contributed by atoms with Crippen LogP contribution in [0.5, 0.6) is 11.5 Å². The first-order valence-electron chi connectivity index (χ1n) is 8.03. The summed E-state index contributed by atoms with van der Waals surface area (Å²) >= 11 is 0. The first kappa shape index (κ1) is 23.7. The van der Waals surface area contributed by atoms with E-state index in [1.807, 2.05) is 6.07 Å². The van der Waals surface area contributed by atoms with E-state index in [0.717, 1.165) is 5.01 Å². The molecule has 2 rings (SSSR count). The zero-order valence-electron chi connectivity index (χ0n) is 15.5. The molecule has 2 aromatic rings. The van der Waals surface area contributed by atoms with Crippen molar-refractivity contribution in [2.75, 3.05) is 13.2 Å². The second-order valence-electron chi connectivity index (χ2n) is 5.63. The summed E-state index contributed by atoms with van der Waals surface area (Å²) in [6.07, 6.45) is 0. The number of guanidine groups is 1. The van der Waals surface area contributed by atoms with Crippen LogP contribution in [0.3, 0.4) is 0 Å². The Labute approximate surface area is 175 Å². The van der Waals surface area contributed by atoms with Crippen molar-refractivity contribution in [2.24, 2.45) is 10.8 Å². The van der Waals surface area contributed by atoms with Crippen LogP contribution in [0.4, 0.5) is 0 Å². The van der Waals surface area contributed by atoms with Crippen LogP contribution in [0, 0.1) is 23.7 Å². The highest BCUT2D eigenvalue weighted by Crippen LogP contribution is 2.26. The van der Waals surface area contributed by atoms with Gasteiger partial charge in [-0.1, -0.05) is 12.1 Å². The number of halogens is 1. The fourth-order valence-electron chi connectivity index (χ4n) is 2.31. The van der Waals surface area contributed by atoms with Crippen LogP contribution < -0.4 is 14.7 Å². The van der Waals surface area contributed by atoms with Crippen molar-refractivity contribution in [3.63, 3.8) is 0 Å². The van der Waals surface area contributed by atoms with Gasteiger partial charge in [0.2, 0.25) is 5.96 Å². The fourth-order valence-corrected chi connectivity index (χ4v) is 3.38. The average molecular weight is 438 g/mol. The standard InChI is InChI=1S/C18H19N5O4S.ClH/c1-13-9-15(26-8-7-23(22-2)18(20)21)11-16(10-13)27-28(24,25)17-6-4-3-5-14(17)12-19;/h3-6,9-11H,2,7-8H2,1H3,(H3,20,21);1H. The van der Waals surface area contributed by atoms with Crippen molar-refractivity contribution < 1.29 is 17.3 Å². The van der Waals surface area contributed by atoms with Crippen LogP contribution in [0.1, 0.15) is 11.1 Å². The summed E-state index contributed by atoms with van der Waals surface area (Å²) in [4.78, 5) is -0.212. The van der Waals surface area contributed by atoms with Gasteiger partial charge < -0.3 is 14.7 Å². The Morgan fingerprint density at radius 1 is 1.31 bits per heavy atom. The molecule has 2 aromatic carbocycles. The summed E-state index contributed by atoms with van der Waals surface area (Å²) in [7, 11) is -4.19. The van der Waals surface area contributed by atoms with Gasteiger partial charge in [0.25, 0.3) is 0 Å². The molecule has 0 fully saturated rings. The molecule has 0 saturated heterocycles. The third-order valence-electron chi connectivity index (χ3n) is 3.53. The van der Waals surface area contributed by atoms with E-state index in [-0.39, 0.29) is 47.7 Å². The highest BCUT2D eigenvalue weighted by atomic mass is 35.5. The van der Waals surface area contributed by atoms with Gasteiger partial charge in [0.05, 0.1) is 12.1 Å². The second kappa shape index (κ2) is 10.3. The Kier molecular flexibility index (Phi) is 8.44. The smallest absolute Gasteiger partial charge is 0.340 e. The number of nitrogens with one attached hydrogen (secondary N) is 1. The molecule has 0 unspecified atom stereocenters. The van der Waals surface area contributed by atoms with E-state index in [1.165, 1.54) is 30.3 Å². The summed E-state index contributed by atoms with van der Waals surface area (Å²) in [6, 6.07) is 12.3. The normalized spacial score (nSPS) is 10.2. The molecule has 9 nitrogen and oxygen atoms in total. The minimum Gasteiger partial charge on any atom is -0.492 e. The Morgan fingerprint density at radius 2 is 1.97 bits per heavy atom. The lowest BCUT2D eigenvalue weighted by molar-refractivity contribution is 0.271. The summed E-state index contributed by atoms with van der Waals surface area (Å²) in [5, 5.41) is 21.2. The fraction of sp³-hybridized carbons (Fsp3) is 0.167. The maximum atomic E-state index is 12.5. The van der Waals surface area contributed by atoms with Crippen LogP contribution >= 0.6 is 12.4 Å². The molecule has 0 aliphatic rings. The molecule has 29 heavy (non-hydrogen) atoms. The predicted molar refractivity (Wildman–Crippen MR) is 111 cm³/mol. The monoisotopic (exact) mass is 437 g/mol. The molecule has 0 aliphatic carbocycles. The van der Waals surface area contributed by atoms with Crippen molar-refractivity contribution >= 4 is 35.2 Å². The molecule has 0 aliphatic heterocycles. The number of hydrogen-bond acceptors (Lipinski definition) is 7. The van der Waals surface area contributed by atoms with E-state index < -0.39 is 10.1 Å². The van der Waals surface area contributed by atoms with E-state index in [4.69, 9.17) is 25.3 Å². The molecule has 11 heteroatoms. The Hall–Kier alpha value is -3.29. The number of nitrogens with zero attached hydrogens (tertiary/aromatic N) is 3. The zero-order chi connectivity index (χ0) is 20.7. The molecule has 0 atom stereocenters. The largest absolute Gasteiger partial charge is 0.492 e. The minimum atomic E-state index is -4.19. The van der Waals surface area contributed by atoms with Gasteiger partial charge in [-0.3, -0.25) is 5.41 Å². The number of nitriles is 1. The van der Waals surface area contributed by atoms with E-state index in [0.29, 0.717) is 11.3 Å². The second-order valence-corrected chi connectivity index (χ2v) is 7.14. The maximum Gasteiger partial charge on any atom is 0.340 e. The highest BCUT2D eigenvalue weighted by molar-refractivity contribution is 7.87. The lowest BCUT2D eigenvalue weighted by Gasteiger charge is -2.16. The lowest BCUT2D eigenvalue weighted by Crippen LogP contribution is -2.34. The van der Waals surface area contributed by atoms with Gasteiger partial charge >= 0.3 is 10.1 Å². The van der Waals surface area contributed by atoms with Crippen molar-refractivity contribution in [2.45, 2.75) is 11.8 Å². The van der Waals surface area contributed by atoms with Gasteiger partial charge in [0.15, 0.2) is 0 Å².